The Morgan fingerprint density at radius 3 is 2.26 bits per heavy atom. The van der Waals surface area contributed by atoms with Gasteiger partial charge in [0.1, 0.15) is 0 Å². The molecule has 0 unspecified atom stereocenters. The van der Waals surface area contributed by atoms with Gasteiger partial charge >= 0.3 is 0 Å². The predicted octanol–water partition coefficient (Wildman–Crippen LogP) is 4.90. The fourth-order valence-corrected chi connectivity index (χ4v) is 1.96. The number of rotatable bonds is 4. The number of alkyl halides is 2. The van der Waals surface area contributed by atoms with Crippen molar-refractivity contribution in [2.24, 2.45) is 0 Å². The summed E-state index contributed by atoms with van der Waals surface area (Å²) in [6.07, 6.45) is -0.179. The fraction of sp³-hybridized carbons (Fsp3) is 0.250. The lowest BCUT2D eigenvalue weighted by atomic mass is 10.00. The molecule has 0 aliphatic carbocycles. The first-order valence-electron chi connectivity index (χ1n) is 6.33. The van der Waals surface area contributed by atoms with Crippen molar-refractivity contribution in [2.45, 2.75) is 19.3 Å². The van der Waals surface area contributed by atoms with Gasteiger partial charge in [-0.05, 0) is 23.3 Å². The van der Waals surface area contributed by atoms with Crippen LogP contribution < -0.4 is 5.32 Å². The molecule has 1 N–H and O–H groups in total. The predicted molar refractivity (Wildman–Crippen MR) is 75.6 cm³/mol. The molecule has 3 heteroatoms. The lowest BCUT2D eigenvalue weighted by Crippen LogP contribution is -2.10. The summed E-state index contributed by atoms with van der Waals surface area (Å²) in [4.78, 5) is 0. The molecular weight excluding hydrogens is 244 g/mol. The van der Waals surface area contributed by atoms with E-state index in [4.69, 9.17) is 0 Å². The van der Waals surface area contributed by atoms with E-state index in [1.165, 1.54) is 19.1 Å². The number of hydrogen-bond donors (Lipinski definition) is 1. The van der Waals surface area contributed by atoms with E-state index in [1.807, 2.05) is 31.3 Å². The minimum atomic E-state index is -2.74. The second kappa shape index (κ2) is 5.39. The van der Waals surface area contributed by atoms with Gasteiger partial charge in [-0.25, -0.2) is 8.78 Å². The van der Waals surface area contributed by atoms with Crippen LogP contribution in [0.4, 0.5) is 14.5 Å². The van der Waals surface area contributed by atoms with Gasteiger partial charge < -0.3 is 5.32 Å². The van der Waals surface area contributed by atoms with Gasteiger partial charge in [0.25, 0.3) is 5.92 Å². The lowest BCUT2D eigenvalue weighted by molar-refractivity contribution is -0.00826. The summed E-state index contributed by atoms with van der Waals surface area (Å²) < 4.78 is 27.1. The molecule has 2 aromatic rings. The molecule has 0 aliphatic rings. The Kier molecular flexibility index (Phi) is 3.84. The molecule has 0 amide bonds. The molecule has 2 aromatic carbocycles. The Hall–Kier alpha value is -1.90. The maximum absolute atomic E-state index is 13.5. The smallest absolute Gasteiger partial charge is 0.273 e. The number of anilines is 1. The zero-order valence-electron chi connectivity index (χ0n) is 11.1. The van der Waals surface area contributed by atoms with E-state index in [-0.39, 0.29) is 12.0 Å². The maximum Gasteiger partial charge on any atom is 0.273 e. The van der Waals surface area contributed by atoms with Gasteiger partial charge in [-0.3, -0.25) is 0 Å². The third-order valence-corrected chi connectivity index (χ3v) is 3.24. The molecule has 0 atom stereocenters. The van der Waals surface area contributed by atoms with Crippen LogP contribution in [0.1, 0.15) is 18.9 Å². The van der Waals surface area contributed by atoms with Crippen molar-refractivity contribution in [1.29, 1.82) is 0 Å². The summed E-state index contributed by atoms with van der Waals surface area (Å²) in [7, 11) is 1.85. The highest BCUT2D eigenvalue weighted by molar-refractivity contribution is 5.68. The van der Waals surface area contributed by atoms with Crippen LogP contribution in [-0.4, -0.2) is 7.05 Å². The molecule has 19 heavy (non-hydrogen) atoms. The summed E-state index contributed by atoms with van der Waals surface area (Å²) >= 11 is 0. The molecule has 0 bridgehead atoms. The Labute approximate surface area is 112 Å². The summed E-state index contributed by atoms with van der Waals surface area (Å²) in [6.45, 7) is 1.49. The van der Waals surface area contributed by atoms with Crippen molar-refractivity contribution in [3.63, 3.8) is 0 Å². The summed E-state index contributed by atoms with van der Waals surface area (Å²) in [6, 6.07) is 14.4. The highest BCUT2D eigenvalue weighted by Crippen LogP contribution is 2.32. The van der Waals surface area contributed by atoms with Gasteiger partial charge in [-0.2, -0.15) is 0 Å². The maximum atomic E-state index is 13.5. The molecule has 0 aliphatic heterocycles. The van der Waals surface area contributed by atoms with Crippen LogP contribution in [-0.2, 0) is 5.92 Å². The topological polar surface area (TPSA) is 12.0 Å². The highest BCUT2D eigenvalue weighted by atomic mass is 19.3. The summed E-state index contributed by atoms with van der Waals surface area (Å²) in [5, 5.41) is 3.06. The third-order valence-electron chi connectivity index (χ3n) is 3.24. The fourth-order valence-electron chi connectivity index (χ4n) is 1.96. The molecule has 0 radical (unpaired) electrons. The van der Waals surface area contributed by atoms with E-state index in [9.17, 15) is 8.78 Å². The molecule has 0 spiro atoms. The molecule has 100 valence electrons. The van der Waals surface area contributed by atoms with E-state index in [0.717, 1.165) is 16.8 Å². The average Bonchev–Trinajstić information content (AvgIpc) is 2.47. The Bertz CT molecular complexity index is 547. The Morgan fingerprint density at radius 1 is 1.00 bits per heavy atom. The Morgan fingerprint density at radius 2 is 1.68 bits per heavy atom. The summed E-state index contributed by atoms with van der Waals surface area (Å²) in [5.41, 5.74) is 3.02. The quantitative estimate of drug-likeness (QED) is 0.825. The highest BCUT2D eigenvalue weighted by Gasteiger charge is 2.28. The van der Waals surface area contributed by atoms with Crippen molar-refractivity contribution in [1.82, 2.24) is 0 Å². The molecule has 0 fully saturated rings. The van der Waals surface area contributed by atoms with Crippen LogP contribution in [0.25, 0.3) is 11.1 Å². The summed E-state index contributed by atoms with van der Waals surface area (Å²) in [5.74, 6) is -2.74. The molecule has 1 nitrogen and oxygen atoms in total. The largest absolute Gasteiger partial charge is 0.388 e. The SMILES string of the molecule is CCC(F)(F)c1ccc(-c2cccc(NC)c2)cc1. The van der Waals surface area contributed by atoms with E-state index in [1.54, 1.807) is 12.1 Å². The molecule has 2 rings (SSSR count). The molecule has 0 aromatic heterocycles. The number of nitrogens with one attached hydrogen (secondary N) is 1. The van der Waals surface area contributed by atoms with Crippen LogP contribution in [0.5, 0.6) is 0 Å². The minimum absolute atomic E-state index is 0.0727. The zero-order chi connectivity index (χ0) is 13.9. The first-order valence-corrected chi connectivity index (χ1v) is 6.33. The minimum Gasteiger partial charge on any atom is -0.388 e. The van der Waals surface area contributed by atoms with Crippen LogP contribution in [0.2, 0.25) is 0 Å². The molecule has 0 heterocycles. The van der Waals surface area contributed by atoms with Crippen molar-refractivity contribution in [3.8, 4) is 11.1 Å². The van der Waals surface area contributed by atoms with Gasteiger partial charge in [0.15, 0.2) is 0 Å². The van der Waals surface area contributed by atoms with E-state index in [2.05, 4.69) is 5.32 Å². The first kappa shape index (κ1) is 13.5. The van der Waals surface area contributed by atoms with Gasteiger partial charge in [-0.15, -0.1) is 0 Å². The van der Waals surface area contributed by atoms with Gasteiger partial charge in [0.2, 0.25) is 0 Å². The molecule has 0 saturated carbocycles. The first-order chi connectivity index (χ1) is 9.06. The van der Waals surface area contributed by atoms with Crippen molar-refractivity contribution in [2.75, 3.05) is 12.4 Å². The van der Waals surface area contributed by atoms with Crippen LogP contribution >= 0.6 is 0 Å². The van der Waals surface area contributed by atoms with E-state index < -0.39 is 5.92 Å². The van der Waals surface area contributed by atoms with Crippen LogP contribution in [0, 0.1) is 0 Å². The monoisotopic (exact) mass is 261 g/mol. The van der Waals surface area contributed by atoms with Crippen molar-refractivity contribution in [3.05, 3.63) is 54.1 Å². The third kappa shape index (κ3) is 2.92. The number of hydrogen-bond acceptors (Lipinski definition) is 1. The van der Waals surface area contributed by atoms with Crippen molar-refractivity contribution < 1.29 is 8.78 Å². The van der Waals surface area contributed by atoms with Crippen LogP contribution in [0.15, 0.2) is 48.5 Å². The standard InChI is InChI=1S/C16H17F2N/c1-3-16(17,18)14-9-7-12(8-10-14)13-5-4-6-15(11-13)19-2/h4-11,19H,3H2,1-2H3. The van der Waals surface area contributed by atoms with E-state index in [0.29, 0.717) is 0 Å². The van der Waals surface area contributed by atoms with Gasteiger partial charge in [0.05, 0.1) is 0 Å². The van der Waals surface area contributed by atoms with Gasteiger partial charge in [-0.1, -0.05) is 43.3 Å². The number of benzene rings is 2. The van der Waals surface area contributed by atoms with E-state index >= 15 is 0 Å². The lowest BCUT2D eigenvalue weighted by Gasteiger charge is -2.14. The second-order valence-electron chi connectivity index (χ2n) is 4.47. The number of halogens is 2. The van der Waals surface area contributed by atoms with Crippen molar-refractivity contribution >= 4 is 5.69 Å². The van der Waals surface area contributed by atoms with Gasteiger partial charge in [0, 0.05) is 24.7 Å². The second-order valence-corrected chi connectivity index (χ2v) is 4.47. The average molecular weight is 261 g/mol. The Balaban J connectivity index is 2.32. The molecule has 0 saturated heterocycles. The zero-order valence-corrected chi connectivity index (χ0v) is 11.1. The van der Waals surface area contributed by atoms with Crippen LogP contribution in [0.3, 0.4) is 0 Å². The normalized spacial score (nSPS) is 11.4. The molecular formula is C16H17F2N.